The second-order valence-corrected chi connectivity index (χ2v) is 5.08. The average Bonchev–Trinajstić information content (AvgIpc) is 2.39. The molecule has 0 spiro atoms. The zero-order valence-corrected chi connectivity index (χ0v) is 10.5. The van der Waals surface area contributed by atoms with E-state index in [0.29, 0.717) is 12.8 Å². The molecule has 2 aromatic rings. The van der Waals surface area contributed by atoms with E-state index in [9.17, 15) is 4.39 Å². The SMILES string of the molecule is Cc1ccc2cc(C3(F)CCNCC3)ccc2n1. The zero-order chi connectivity index (χ0) is 12.6. The third-order valence-corrected chi connectivity index (χ3v) is 3.74. The molecule has 1 N–H and O–H groups in total. The van der Waals surface area contributed by atoms with Gasteiger partial charge < -0.3 is 5.32 Å². The molecule has 1 aliphatic heterocycles. The van der Waals surface area contributed by atoms with E-state index in [1.807, 2.05) is 37.3 Å². The molecule has 0 saturated carbocycles. The molecule has 0 aliphatic carbocycles. The second kappa shape index (κ2) is 4.32. The highest BCUT2D eigenvalue weighted by Crippen LogP contribution is 2.36. The number of nitrogens with one attached hydrogen (secondary N) is 1. The molecule has 18 heavy (non-hydrogen) atoms. The maximum atomic E-state index is 14.9. The van der Waals surface area contributed by atoms with Crippen LogP contribution in [0.5, 0.6) is 0 Å². The lowest BCUT2D eigenvalue weighted by molar-refractivity contribution is 0.115. The molecular formula is C15H17FN2. The van der Waals surface area contributed by atoms with Gasteiger partial charge in [0.25, 0.3) is 0 Å². The molecule has 0 bridgehead atoms. The Kier molecular flexibility index (Phi) is 2.78. The van der Waals surface area contributed by atoms with Crippen LogP contribution in [-0.4, -0.2) is 18.1 Å². The largest absolute Gasteiger partial charge is 0.316 e. The molecule has 94 valence electrons. The summed E-state index contributed by atoms with van der Waals surface area (Å²) in [5.74, 6) is 0. The van der Waals surface area contributed by atoms with Gasteiger partial charge in [0, 0.05) is 11.1 Å². The van der Waals surface area contributed by atoms with Gasteiger partial charge >= 0.3 is 0 Å². The fraction of sp³-hybridized carbons (Fsp3) is 0.400. The van der Waals surface area contributed by atoms with Crippen LogP contribution < -0.4 is 5.32 Å². The summed E-state index contributed by atoms with van der Waals surface area (Å²) in [6.45, 7) is 3.47. The summed E-state index contributed by atoms with van der Waals surface area (Å²) in [5.41, 5.74) is 1.55. The second-order valence-electron chi connectivity index (χ2n) is 5.08. The van der Waals surface area contributed by atoms with Crippen molar-refractivity contribution in [1.82, 2.24) is 10.3 Å². The highest BCUT2D eigenvalue weighted by molar-refractivity contribution is 5.79. The zero-order valence-electron chi connectivity index (χ0n) is 10.5. The molecule has 2 heterocycles. The van der Waals surface area contributed by atoms with Gasteiger partial charge in [0.1, 0.15) is 5.67 Å². The number of aryl methyl sites for hydroxylation is 1. The van der Waals surface area contributed by atoms with E-state index in [2.05, 4.69) is 10.3 Å². The molecule has 1 aromatic heterocycles. The minimum atomic E-state index is -1.18. The van der Waals surface area contributed by atoms with Crippen molar-refractivity contribution >= 4 is 10.9 Å². The first-order chi connectivity index (χ1) is 8.67. The number of pyridine rings is 1. The first-order valence-electron chi connectivity index (χ1n) is 6.45. The van der Waals surface area contributed by atoms with Crippen LogP contribution in [0.3, 0.4) is 0 Å². The van der Waals surface area contributed by atoms with E-state index in [4.69, 9.17) is 0 Å². The molecule has 2 nitrogen and oxygen atoms in total. The number of piperidine rings is 1. The van der Waals surface area contributed by atoms with Crippen LogP contribution in [0.15, 0.2) is 30.3 Å². The highest BCUT2D eigenvalue weighted by Gasteiger charge is 2.33. The van der Waals surface area contributed by atoms with E-state index in [-0.39, 0.29) is 0 Å². The molecule has 1 fully saturated rings. The number of hydrogen-bond donors (Lipinski definition) is 1. The molecule has 0 unspecified atom stereocenters. The minimum Gasteiger partial charge on any atom is -0.316 e. The van der Waals surface area contributed by atoms with Gasteiger partial charge in [0.15, 0.2) is 0 Å². The van der Waals surface area contributed by atoms with Crippen LogP contribution in [0.25, 0.3) is 10.9 Å². The normalized spacial score (nSPS) is 19.0. The van der Waals surface area contributed by atoms with E-state index < -0.39 is 5.67 Å². The molecule has 0 radical (unpaired) electrons. The van der Waals surface area contributed by atoms with Gasteiger partial charge in [0.05, 0.1) is 5.52 Å². The summed E-state index contributed by atoms with van der Waals surface area (Å²) in [6.07, 6.45) is 1.11. The van der Waals surface area contributed by atoms with Gasteiger partial charge in [-0.15, -0.1) is 0 Å². The number of aromatic nitrogens is 1. The number of hydrogen-bond acceptors (Lipinski definition) is 2. The van der Waals surface area contributed by atoms with Crippen LogP contribution in [0.4, 0.5) is 4.39 Å². The molecule has 0 amide bonds. The molecule has 3 heteroatoms. The van der Waals surface area contributed by atoms with Gasteiger partial charge in [-0.3, -0.25) is 4.98 Å². The molecule has 1 aliphatic rings. The topological polar surface area (TPSA) is 24.9 Å². The number of benzene rings is 1. The fourth-order valence-electron chi connectivity index (χ4n) is 2.62. The van der Waals surface area contributed by atoms with E-state index in [1.165, 1.54) is 0 Å². The van der Waals surface area contributed by atoms with Crippen LogP contribution in [0, 0.1) is 6.92 Å². The Labute approximate surface area is 106 Å². The molecule has 1 aromatic carbocycles. The van der Waals surface area contributed by atoms with Crippen LogP contribution >= 0.6 is 0 Å². The monoisotopic (exact) mass is 244 g/mol. The maximum Gasteiger partial charge on any atom is 0.138 e. The standard InChI is InChI=1S/C15H17FN2/c1-11-2-3-12-10-13(4-5-14(12)18-11)15(16)6-8-17-9-7-15/h2-5,10,17H,6-9H2,1H3. The van der Waals surface area contributed by atoms with Gasteiger partial charge in [-0.2, -0.15) is 0 Å². The minimum absolute atomic E-state index is 0.553. The van der Waals surface area contributed by atoms with Gasteiger partial charge in [-0.05, 0) is 56.6 Å². The first-order valence-corrected chi connectivity index (χ1v) is 6.45. The summed E-state index contributed by atoms with van der Waals surface area (Å²) < 4.78 is 14.9. The first kappa shape index (κ1) is 11.6. The third kappa shape index (κ3) is 1.99. The van der Waals surface area contributed by atoms with Crippen molar-refractivity contribution in [3.05, 3.63) is 41.6 Å². The molecule has 3 rings (SSSR count). The number of rotatable bonds is 1. The molecule has 0 atom stereocenters. The molecular weight excluding hydrogens is 227 g/mol. The van der Waals surface area contributed by atoms with Crippen molar-refractivity contribution in [3.63, 3.8) is 0 Å². The lowest BCUT2D eigenvalue weighted by Gasteiger charge is -2.30. The lowest BCUT2D eigenvalue weighted by atomic mass is 9.86. The number of fused-ring (bicyclic) bond motifs is 1. The maximum absolute atomic E-state index is 14.9. The van der Waals surface area contributed by atoms with Crippen LogP contribution in [-0.2, 0) is 5.67 Å². The van der Waals surface area contributed by atoms with Crippen molar-refractivity contribution in [2.24, 2.45) is 0 Å². The average molecular weight is 244 g/mol. The summed E-state index contributed by atoms with van der Waals surface area (Å²) in [4.78, 5) is 4.45. The summed E-state index contributed by atoms with van der Waals surface area (Å²) in [7, 11) is 0. The number of halogens is 1. The lowest BCUT2D eigenvalue weighted by Crippen LogP contribution is -2.36. The van der Waals surface area contributed by atoms with Crippen molar-refractivity contribution in [2.75, 3.05) is 13.1 Å². The Bertz CT molecular complexity index is 574. The fourth-order valence-corrected chi connectivity index (χ4v) is 2.62. The van der Waals surface area contributed by atoms with E-state index in [1.54, 1.807) is 0 Å². The van der Waals surface area contributed by atoms with E-state index >= 15 is 0 Å². The Morgan fingerprint density at radius 2 is 1.94 bits per heavy atom. The van der Waals surface area contributed by atoms with Crippen LogP contribution in [0.1, 0.15) is 24.1 Å². The predicted octanol–water partition coefficient (Wildman–Crippen LogP) is 3.09. The van der Waals surface area contributed by atoms with Crippen molar-refractivity contribution in [1.29, 1.82) is 0 Å². The van der Waals surface area contributed by atoms with Gasteiger partial charge in [-0.1, -0.05) is 12.1 Å². The van der Waals surface area contributed by atoms with E-state index in [0.717, 1.165) is 35.2 Å². The van der Waals surface area contributed by atoms with Crippen molar-refractivity contribution in [3.8, 4) is 0 Å². The van der Waals surface area contributed by atoms with Crippen molar-refractivity contribution in [2.45, 2.75) is 25.4 Å². The van der Waals surface area contributed by atoms with Gasteiger partial charge in [-0.25, -0.2) is 4.39 Å². The Hall–Kier alpha value is -1.48. The molecule has 1 saturated heterocycles. The summed E-state index contributed by atoms with van der Waals surface area (Å²) in [5, 5.41) is 4.22. The smallest absolute Gasteiger partial charge is 0.138 e. The van der Waals surface area contributed by atoms with Crippen molar-refractivity contribution < 1.29 is 4.39 Å². The predicted molar refractivity (Wildman–Crippen MR) is 71.4 cm³/mol. The Balaban J connectivity index is 2.05. The summed E-state index contributed by atoms with van der Waals surface area (Å²) >= 11 is 0. The Morgan fingerprint density at radius 1 is 1.17 bits per heavy atom. The number of alkyl halides is 1. The van der Waals surface area contributed by atoms with Crippen LogP contribution in [0.2, 0.25) is 0 Å². The highest BCUT2D eigenvalue weighted by atomic mass is 19.1. The Morgan fingerprint density at radius 3 is 2.72 bits per heavy atom. The summed E-state index contributed by atoms with van der Waals surface area (Å²) in [6, 6.07) is 9.76. The van der Waals surface area contributed by atoms with Gasteiger partial charge in [0.2, 0.25) is 0 Å². The quantitative estimate of drug-likeness (QED) is 0.833. The number of nitrogens with zero attached hydrogens (tertiary/aromatic N) is 1. The third-order valence-electron chi connectivity index (χ3n) is 3.74.